The molecule has 0 aliphatic rings. The maximum absolute atomic E-state index is 12.6. The van der Waals surface area contributed by atoms with E-state index in [0.29, 0.717) is 6.54 Å². The number of hydrogen-bond donors (Lipinski definition) is 1. The standard InChI is InChI=1S/C20H16N4O4.BrH/c21-20-22(12-14-6-2-1-3-7-14)15-8-4-5-9-16(15)23(20)13-17(25)18-10-11-19(28-18)24(26)27;/h1-11,21H,12-13H2;1H. The number of benzene rings is 2. The van der Waals surface area contributed by atoms with Crippen LogP contribution in [-0.2, 0) is 13.1 Å². The molecular formula is C20H17BrN4O4. The van der Waals surface area contributed by atoms with Gasteiger partial charge in [-0.2, -0.15) is 0 Å². The number of halogens is 1. The molecule has 1 N–H and O–H groups in total. The van der Waals surface area contributed by atoms with Crippen LogP contribution in [-0.4, -0.2) is 19.8 Å². The second kappa shape index (κ2) is 8.27. The van der Waals surface area contributed by atoms with Gasteiger partial charge in [0, 0.05) is 0 Å². The summed E-state index contributed by atoms with van der Waals surface area (Å²) in [6, 6.07) is 19.7. The predicted octanol–water partition coefficient (Wildman–Crippen LogP) is 3.93. The van der Waals surface area contributed by atoms with E-state index < -0.39 is 16.6 Å². The molecule has 0 aliphatic carbocycles. The average Bonchev–Trinajstić information content (AvgIpc) is 3.29. The summed E-state index contributed by atoms with van der Waals surface area (Å²) >= 11 is 0. The van der Waals surface area contributed by atoms with Gasteiger partial charge in [0.25, 0.3) is 0 Å². The summed E-state index contributed by atoms with van der Waals surface area (Å²) in [5, 5.41) is 19.4. The first kappa shape index (κ1) is 20.3. The number of para-hydroxylation sites is 2. The van der Waals surface area contributed by atoms with Crippen molar-refractivity contribution < 1.29 is 14.1 Å². The SMILES string of the molecule is Br.N=c1n(CC(=O)c2ccc([N+](=O)[O-])o2)c2ccccc2n1Cc1ccccc1. The highest BCUT2D eigenvalue weighted by Crippen LogP contribution is 2.18. The summed E-state index contributed by atoms with van der Waals surface area (Å²) in [6.45, 7) is 0.347. The molecule has 0 bridgehead atoms. The number of Topliss-reactive ketones (excluding diaryl/α,β-unsaturated/α-hetero) is 1. The maximum Gasteiger partial charge on any atom is 0.433 e. The number of rotatable bonds is 6. The van der Waals surface area contributed by atoms with E-state index in [4.69, 9.17) is 9.83 Å². The number of fused-ring (bicyclic) bond motifs is 1. The number of furan rings is 1. The van der Waals surface area contributed by atoms with Gasteiger partial charge in [-0.05, 0) is 23.8 Å². The first-order valence-electron chi connectivity index (χ1n) is 8.58. The van der Waals surface area contributed by atoms with Crippen molar-refractivity contribution in [1.82, 2.24) is 9.13 Å². The molecule has 9 heteroatoms. The molecule has 0 fully saturated rings. The van der Waals surface area contributed by atoms with Crippen LogP contribution in [0.5, 0.6) is 0 Å². The highest BCUT2D eigenvalue weighted by atomic mass is 79.9. The minimum absolute atomic E-state index is 0. The molecule has 0 spiro atoms. The summed E-state index contributed by atoms with van der Waals surface area (Å²) in [7, 11) is 0. The third-order valence-corrected chi connectivity index (χ3v) is 4.51. The largest absolute Gasteiger partial charge is 0.433 e. The zero-order chi connectivity index (χ0) is 19.7. The summed E-state index contributed by atoms with van der Waals surface area (Å²) in [5.41, 5.74) is 2.77. The lowest BCUT2D eigenvalue weighted by atomic mass is 10.2. The number of nitrogens with one attached hydrogen (secondary N) is 1. The van der Waals surface area contributed by atoms with Gasteiger partial charge in [0.2, 0.25) is 11.4 Å². The number of aromatic nitrogens is 2. The fourth-order valence-corrected chi connectivity index (χ4v) is 3.18. The molecule has 0 amide bonds. The zero-order valence-electron chi connectivity index (χ0n) is 15.1. The molecule has 4 rings (SSSR count). The number of hydrogen-bond acceptors (Lipinski definition) is 5. The highest BCUT2D eigenvalue weighted by Gasteiger charge is 2.20. The lowest BCUT2D eigenvalue weighted by Gasteiger charge is -2.04. The quantitative estimate of drug-likeness (QED) is 0.269. The van der Waals surface area contributed by atoms with Crippen LogP contribution in [0.2, 0.25) is 0 Å². The second-order valence-electron chi connectivity index (χ2n) is 6.29. The molecule has 0 aliphatic heterocycles. The number of carbonyl (C=O) groups is 1. The van der Waals surface area contributed by atoms with Gasteiger partial charge >= 0.3 is 5.88 Å². The topological polar surface area (TPSA) is 107 Å². The van der Waals surface area contributed by atoms with Crippen molar-refractivity contribution in [2.45, 2.75) is 13.1 Å². The average molecular weight is 457 g/mol. The van der Waals surface area contributed by atoms with E-state index in [9.17, 15) is 14.9 Å². The Morgan fingerprint density at radius 2 is 1.59 bits per heavy atom. The van der Waals surface area contributed by atoms with Crippen LogP contribution < -0.4 is 5.62 Å². The molecule has 0 saturated carbocycles. The fourth-order valence-electron chi connectivity index (χ4n) is 3.18. The van der Waals surface area contributed by atoms with Gasteiger partial charge in [0.1, 0.15) is 4.92 Å². The number of nitro groups is 1. The van der Waals surface area contributed by atoms with E-state index >= 15 is 0 Å². The Bertz CT molecular complexity index is 1240. The van der Waals surface area contributed by atoms with Crippen molar-refractivity contribution in [3.63, 3.8) is 0 Å². The Balaban J connectivity index is 0.00000240. The van der Waals surface area contributed by atoms with Gasteiger partial charge in [-0.1, -0.05) is 42.5 Å². The van der Waals surface area contributed by atoms with Gasteiger partial charge in [-0.3, -0.25) is 20.3 Å². The Morgan fingerprint density at radius 3 is 2.21 bits per heavy atom. The third-order valence-electron chi connectivity index (χ3n) is 4.51. The van der Waals surface area contributed by atoms with Gasteiger partial charge in [-0.25, -0.2) is 0 Å². The van der Waals surface area contributed by atoms with Crippen LogP contribution in [0.4, 0.5) is 5.88 Å². The molecule has 2 heterocycles. The van der Waals surface area contributed by atoms with E-state index in [2.05, 4.69) is 0 Å². The first-order chi connectivity index (χ1) is 13.5. The van der Waals surface area contributed by atoms with Crippen molar-refractivity contribution in [3.05, 3.63) is 93.8 Å². The van der Waals surface area contributed by atoms with Crippen LogP contribution in [0.25, 0.3) is 11.0 Å². The summed E-state index contributed by atoms with van der Waals surface area (Å²) in [5.74, 6) is -1.02. The lowest BCUT2D eigenvalue weighted by molar-refractivity contribution is -0.402. The fraction of sp³-hybridized carbons (Fsp3) is 0.100. The monoisotopic (exact) mass is 456 g/mol. The zero-order valence-corrected chi connectivity index (χ0v) is 16.9. The van der Waals surface area contributed by atoms with Crippen molar-refractivity contribution in [1.29, 1.82) is 5.41 Å². The van der Waals surface area contributed by atoms with Gasteiger partial charge in [0.05, 0.1) is 30.2 Å². The molecule has 2 aromatic carbocycles. The van der Waals surface area contributed by atoms with Crippen LogP contribution in [0.15, 0.2) is 71.1 Å². The molecule has 0 saturated heterocycles. The van der Waals surface area contributed by atoms with Gasteiger partial charge in [-0.15, -0.1) is 17.0 Å². The van der Waals surface area contributed by atoms with Crippen molar-refractivity contribution in [2.24, 2.45) is 0 Å². The number of imidazole rings is 1. The molecular weight excluding hydrogens is 440 g/mol. The Labute approximate surface area is 175 Å². The maximum atomic E-state index is 12.6. The summed E-state index contributed by atoms with van der Waals surface area (Å²) < 4.78 is 8.40. The minimum Gasteiger partial charge on any atom is -0.397 e. The van der Waals surface area contributed by atoms with Crippen molar-refractivity contribution in [3.8, 4) is 0 Å². The minimum atomic E-state index is -0.689. The molecule has 0 atom stereocenters. The molecule has 8 nitrogen and oxygen atoms in total. The molecule has 29 heavy (non-hydrogen) atoms. The van der Waals surface area contributed by atoms with E-state index in [1.54, 1.807) is 4.57 Å². The van der Waals surface area contributed by atoms with Crippen LogP contribution >= 0.6 is 17.0 Å². The van der Waals surface area contributed by atoms with Crippen LogP contribution in [0.1, 0.15) is 16.1 Å². The summed E-state index contributed by atoms with van der Waals surface area (Å²) in [6.07, 6.45) is 0. The molecule has 0 unspecified atom stereocenters. The Morgan fingerprint density at radius 1 is 0.966 bits per heavy atom. The van der Waals surface area contributed by atoms with Gasteiger partial charge < -0.3 is 13.6 Å². The number of nitrogens with zero attached hydrogens (tertiary/aromatic N) is 3. The highest BCUT2D eigenvalue weighted by molar-refractivity contribution is 8.93. The Hall–Kier alpha value is -3.46. The van der Waals surface area contributed by atoms with Crippen molar-refractivity contribution >= 4 is 39.7 Å². The van der Waals surface area contributed by atoms with Crippen LogP contribution in [0, 0.1) is 15.5 Å². The normalized spacial score (nSPS) is 10.6. The first-order valence-corrected chi connectivity index (χ1v) is 8.58. The number of carbonyl (C=O) groups excluding carboxylic acids is 1. The van der Waals surface area contributed by atoms with Crippen molar-refractivity contribution in [2.75, 3.05) is 0 Å². The van der Waals surface area contributed by atoms with E-state index in [1.165, 1.54) is 6.07 Å². The third kappa shape index (κ3) is 3.90. The number of ketones is 1. The second-order valence-corrected chi connectivity index (χ2v) is 6.29. The van der Waals surface area contributed by atoms with E-state index in [0.717, 1.165) is 22.7 Å². The molecule has 0 radical (unpaired) electrons. The predicted molar refractivity (Wildman–Crippen MR) is 111 cm³/mol. The molecule has 4 aromatic rings. The lowest BCUT2D eigenvalue weighted by Crippen LogP contribution is -2.27. The molecule has 2 aromatic heterocycles. The Kier molecular flexibility index (Phi) is 5.79. The van der Waals surface area contributed by atoms with Gasteiger partial charge in [0.15, 0.2) is 5.76 Å². The van der Waals surface area contributed by atoms with E-state index in [-0.39, 0.29) is 34.9 Å². The molecule has 148 valence electrons. The van der Waals surface area contributed by atoms with Crippen LogP contribution in [0.3, 0.4) is 0 Å². The smallest absolute Gasteiger partial charge is 0.397 e. The van der Waals surface area contributed by atoms with E-state index in [1.807, 2.05) is 59.2 Å². The summed E-state index contributed by atoms with van der Waals surface area (Å²) in [4.78, 5) is 22.7.